The molecular formula is C28H33ClN6O8S2. The Hall–Kier alpha value is -3.51. The number of likely N-dealkylation sites (N-methyl/N-ethyl adjacent to an activating group) is 2. The van der Waals surface area contributed by atoms with Crippen LogP contribution in [0.25, 0.3) is 0 Å². The lowest BCUT2D eigenvalue weighted by atomic mass is 10.1. The van der Waals surface area contributed by atoms with Crippen molar-refractivity contribution in [1.82, 2.24) is 10.6 Å². The molecule has 14 nitrogen and oxygen atoms in total. The van der Waals surface area contributed by atoms with Crippen molar-refractivity contribution in [2.75, 3.05) is 49.9 Å². The molecule has 242 valence electrons. The topological polar surface area (TPSA) is 200 Å². The number of hydrogen-bond acceptors (Lipinski definition) is 12. The Bertz CT molecular complexity index is 2010. The van der Waals surface area contributed by atoms with Gasteiger partial charge in [-0.1, -0.05) is 32.4 Å². The quantitative estimate of drug-likeness (QED) is 0.0782. The molecule has 0 aliphatic carbocycles. The molecule has 3 aromatic rings. The van der Waals surface area contributed by atoms with Crippen LogP contribution in [0.2, 0.25) is 5.02 Å². The molecule has 0 fully saturated rings. The molecule has 0 aromatic heterocycles. The second-order valence-electron chi connectivity index (χ2n) is 10.0. The first-order valence-electron chi connectivity index (χ1n) is 14.3. The molecule has 45 heavy (non-hydrogen) atoms. The molecule has 17 heteroatoms. The van der Waals surface area contributed by atoms with Crippen LogP contribution in [0.5, 0.6) is 23.0 Å². The number of rotatable bonds is 13. The van der Waals surface area contributed by atoms with E-state index in [0.29, 0.717) is 38.2 Å². The number of anilines is 2. The maximum absolute atomic E-state index is 12.6. The average Bonchev–Trinajstić information content (AvgIpc) is 2.98. The van der Waals surface area contributed by atoms with E-state index >= 15 is 0 Å². The Morgan fingerprint density at radius 1 is 0.689 bits per heavy atom. The molecule has 0 saturated carbocycles. The van der Waals surface area contributed by atoms with Gasteiger partial charge in [0.1, 0.15) is 27.1 Å². The van der Waals surface area contributed by atoms with E-state index in [0.717, 1.165) is 13.1 Å². The molecule has 3 aromatic carbocycles. The average molecular weight is 681 g/mol. The van der Waals surface area contributed by atoms with Gasteiger partial charge < -0.3 is 30.7 Å². The SMILES string of the molecule is CCNCCNc1ccc2c(c1S(=O)(=O)O)Oc1c(CC)c3c(c(Cl)c1=N2)Oc1c(ccc(NCCNCC)c1S(=O)(=O)O)N=3. The highest BCUT2D eigenvalue weighted by Crippen LogP contribution is 2.48. The Morgan fingerprint density at radius 3 is 1.60 bits per heavy atom. The zero-order chi connectivity index (χ0) is 32.5. The molecule has 6 N–H and O–H groups in total. The molecule has 5 rings (SSSR count). The van der Waals surface area contributed by atoms with E-state index in [1.807, 2.05) is 13.8 Å². The summed E-state index contributed by atoms with van der Waals surface area (Å²) in [6, 6.07) is 6.00. The second kappa shape index (κ2) is 13.1. The summed E-state index contributed by atoms with van der Waals surface area (Å²) in [6.45, 7) is 8.96. The summed E-state index contributed by atoms with van der Waals surface area (Å²) >= 11 is 6.81. The van der Waals surface area contributed by atoms with E-state index in [4.69, 9.17) is 21.1 Å². The van der Waals surface area contributed by atoms with Crippen LogP contribution in [0, 0.1) is 0 Å². The summed E-state index contributed by atoms with van der Waals surface area (Å²) in [4.78, 5) is 8.24. The molecular weight excluding hydrogens is 648 g/mol. The van der Waals surface area contributed by atoms with E-state index in [9.17, 15) is 25.9 Å². The summed E-state index contributed by atoms with van der Waals surface area (Å²) in [5.74, 6) is -0.317. The molecule has 2 heterocycles. The highest BCUT2D eigenvalue weighted by molar-refractivity contribution is 7.86. The Labute approximate surface area is 265 Å². The third kappa shape index (κ3) is 6.44. The normalized spacial score (nSPS) is 13.2. The lowest BCUT2D eigenvalue weighted by Crippen LogP contribution is -2.26. The van der Waals surface area contributed by atoms with Gasteiger partial charge in [0.05, 0.1) is 11.4 Å². The predicted molar refractivity (Wildman–Crippen MR) is 169 cm³/mol. The largest absolute Gasteiger partial charge is 0.451 e. The lowest BCUT2D eigenvalue weighted by Gasteiger charge is -2.25. The molecule has 2 aliphatic heterocycles. The predicted octanol–water partition coefficient (Wildman–Crippen LogP) is 3.55. The minimum atomic E-state index is -4.79. The summed E-state index contributed by atoms with van der Waals surface area (Å²) < 4.78 is 83.0. The van der Waals surface area contributed by atoms with Gasteiger partial charge in [-0.15, -0.1) is 0 Å². The van der Waals surface area contributed by atoms with E-state index < -0.39 is 30.0 Å². The number of fused-ring (bicyclic) bond motifs is 4. The van der Waals surface area contributed by atoms with Gasteiger partial charge in [0.15, 0.2) is 32.8 Å². The van der Waals surface area contributed by atoms with Gasteiger partial charge in [0, 0.05) is 31.7 Å². The van der Waals surface area contributed by atoms with Crippen LogP contribution in [0.15, 0.2) is 44.0 Å². The second-order valence-corrected chi connectivity index (χ2v) is 13.1. The Morgan fingerprint density at radius 2 is 1.16 bits per heavy atom. The highest BCUT2D eigenvalue weighted by Gasteiger charge is 2.34. The minimum absolute atomic E-state index is 0.0121. The Balaban J connectivity index is 1.67. The van der Waals surface area contributed by atoms with Gasteiger partial charge in [0.2, 0.25) is 0 Å². The van der Waals surface area contributed by atoms with Crippen molar-refractivity contribution in [3.05, 3.63) is 45.6 Å². The van der Waals surface area contributed by atoms with Crippen molar-refractivity contribution in [2.24, 2.45) is 9.98 Å². The van der Waals surface area contributed by atoms with Gasteiger partial charge in [-0.05, 0) is 43.8 Å². The molecule has 0 saturated heterocycles. The fourth-order valence-electron chi connectivity index (χ4n) is 5.09. The van der Waals surface area contributed by atoms with Crippen LogP contribution < -0.4 is 41.5 Å². The van der Waals surface area contributed by atoms with Crippen LogP contribution in [0.3, 0.4) is 0 Å². The van der Waals surface area contributed by atoms with Crippen molar-refractivity contribution in [2.45, 2.75) is 37.0 Å². The molecule has 0 atom stereocenters. The van der Waals surface area contributed by atoms with E-state index in [2.05, 4.69) is 31.3 Å². The number of nitrogens with one attached hydrogen (secondary N) is 4. The number of nitrogens with zero attached hydrogens (tertiary/aromatic N) is 2. The van der Waals surface area contributed by atoms with Gasteiger partial charge >= 0.3 is 0 Å². The Kier molecular flexibility index (Phi) is 9.55. The van der Waals surface area contributed by atoms with E-state index in [-0.39, 0.29) is 61.5 Å². The van der Waals surface area contributed by atoms with E-state index in [1.54, 1.807) is 6.92 Å². The molecule has 0 bridgehead atoms. The van der Waals surface area contributed by atoms with Crippen LogP contribution in [0.1, 0.15) is 26.3 Å². The molecule has 2 aliphatic rings. The lowest BCUT2D eigenvalue weighted by molar-refractivity contribution is 0.424. The summed E-state index contributed by atoms with van der Waals surface area (Å²) in [5, 5.41) is 12.5. The summed E-state index contributed by atoms with van der Waals surface area (Å²) in [6.07, 6.45) is 0.298. The fraction of sp³-hybridized carbons (Fsp3) is 0.357. The monoisotopic (exact) mass is 680 g/mol. The van der Waals surface area contributed by atoms with Crippen molar-refractivity contribution < 1.29 is 35.4 Å². The first kappa shape index (κ1) is 32.9. The maximum Gasteiger partial charge on any atom is 0.300 e. The fourth-order valence-corrected chi connectivity index (χ4v) is 6.94. The van der Waals surface area contributed by atoms with Gasteiger partial charge in [-0.2, -0.15) is 16.8 Å². The van der Waals surface area contributed by atoms with Gasteiger partial charge in [-0.25, -0.2) is 9.98 Å². The van der Waals surface area contributed by atoms with Crippen LogP contribution >= 0.6 is 11.6 Å². The third-order valence-electron chi connectivity index (χ3n) is 7.06. The van der Waals surface area contributed by atoms with Crippen molar-refractivity contribution >= 4 is 54.6 Å². The smallest absolute Gasteiger partial charge is 0.300 e. The third-order valence-corrected chi connectivity index (χ3v) is 9.25. The summed E-state index contributed by atoms with van der Waals surface area (Å²) in [7, 11) is -9.57. The molecule has 0 amide bonds. The standard InChI is InChI=1S/C28H33ClN6O8S2/c1-4-15-21-26(43-25-16(34-21)7-9-19(28(25)45(39,40)41)33-14-12-31-6-3)20(29)22-23(15)42-24-17(35-22)8-10-18(27(24)44(36,37)38)32-13-11-30-5-2/h7-10,30-33H,4-6,11-14H2,1-3H3,(H,36,37,38)(H,39,40,41). The first-order valence-corrected chi connectivity index (χ1v) is 17.5. The summed E-state index contributed by atoms with van der Waals surface area (Å²) in [5.41, 5.74) is 0.876. The zero-order valence-electron chi connectivity index (χ0n) is 24.7. The molecule has 0 spiro atoms. The minimum Gasteiger partial charge on any atom is -0.451 e. The zero-order valence-corrected chi connectivity index (χ0v) is 27.1. The number of halogens is 1. The van der Waals surface area contributed by atoms with Crippen molar-refractivity contribution in [1.29, 1.82) is 0 Å². The van der Waals surface area contributed by atoms with Crippen LogP contribution in [-0.2, 0) is 26.7 Å². The van der Waals surface area contributed by atoms with Gasteiger partial charge in [0.25, 0.3) is 20.2 Å². The molecule has 0 unspecified atom stereocenters. The van der Waals surface area contributed by atoms with Gasteiger partial charge in [-0.3, -0.25) is 9.11 Å². The van der Waals surface area contributed by atoms with E-state index in [1.165, 1.54) is 24.3 Å². The van der Waals surface area contributed by atoms with Crippen LogP contribution in [0.4, 0.5) is 22.7 Å². The molecule has 0 radical (unpaired) electrons. The van der Waals surface area contributed by atoms with Crippen molar-refractivity contribution in [3.63, 3.8) is 0 Å². The van der Waals surface area contributed by atoms with Crippen molar-refractivity contribution in [3.8, 4) is 23.0 Å². The highest BCUT2D eigenvalue weighted by atomic mass is 35.5. The first-order chi connectivity index (χ1) is 21.4. The number of benzene rings is 3. The number of ether oxygens (including phenoxy) is 2. The maximum atomic E-state index is 12.6. The van der Waals surface area contributed by atoms with Crippen LogP contribution in [-0.4, -0.2) is 65.2 Å². The number of hydrogen-bond donors (Lipinski definition) is 6.